The van der Waals surface area contributed by atoms with Gasteiger partial charge >= 0.3 is 0 Å². The summed E-state index contributed by atoms with van der Waals surface area (Å²) in [5, 5.41) is 0. The number of aryl methyl sites for hydroxylation is 1. The van der Waals surface area contributed by atoms with E-state index >= 15 is 0 Å². The van der Waals surface area contributed by atoms with Crippen molar-refractivity contribution >= 4 is 10.0 Å². The van der Waals surface area contributed by atoms with Crippen molar-refractivity contribution in [3.8, 4) is 0 Å². The minimum atomic E-state index is -3.76. The predicted octanol–water partition coefficient (Wildman–Crippen LogP) is 1.88. The van der Waals surface area contributed by atoms with Gasteiger partial charge in [0.1, 0.15) is 5.82 Å². The largest absolute Gasteiger partial charge is 0.329 e. The van der Waals surface area contributed by atoms with Gasteiger partial charge in [-0.3, -0.25) is 0 Å². The Kier molecular flexibility index (Phi) is 4.71. The van der Waals surface area contributed by atoms with Crippen molar-refractivity contribution < 1.29 is 12.8 Å². The van der Waals surface area contributed by atoms with Gasteiger partial charge in [-0.25, -0.2) is 12.8 Å². The molecule has 0 amide bonds. The van der Waals surface area contributed by atoms with Crippen LogP contribution in [-0.2, 0) is 10.0 Å². The first-order valence-electron chi connectivity index (χ1n) is 6.16. The summed E-state index contributed by atoms with van der Waals surface area (Å²) < 4.78 is 39.9. The van der Waals surface area contributed by atoms with Crippen LogP contribution in [0.5, 0.6) is 0 Å². The van der Waals surface area contributed by atoms with E-state index in [9.17, 15) is 12.8 Å². The van der Waals surface area contributed by atoms with Crippen molar-refractivity contribution in [3.05, 3.63) is 29.6 Å². The monoisotopic (exact) mass is 288 g/mol. The van der Waals surface area contributed by atoms with Crippen LogP contribution >= 0.6 is 0 Å². The first kappa shape index (κ1) is 16.1. The zero-order chi connectivity index (χ0) is 14.8. The molecule has 0 saturated heterocycles. The maximum atomic E-state index is 13.3. The van der Waals surface area contributed by atoms with Crippen molar-refractivity contribution in [1.82, 2.24) is 4.31 Å². The van der Waals surface area contributed by atoms with E-state index in [1.54, 1.807) is 27.7 Å². The van der Waals surface area contributed by atoms with Crippen LogP contribution < -0.4 is 5.73 Å². The van der Waals surface area contributed by atoms with Crippen molar-refractivity contribution in [2.45, 2.75) is 38.1 Å². The maximum absolute atomic E-state index is 13.3. The third-order valence-corrected chi connectivity index (χ3v) is 5.51. The molecule has 1 aromatic rings. The number of rotatable bonds is 5. The van der Waals surface area contributed by atoms with Gasteiger partial charge in [-0.05, 0) is 38.5 Å². The molecule has 0 spiro atoms. The average molecular weight is 288 g/mol. The summed E-state index contributed by atoms with van der Waals surface area (Å²) in [4.78, 5) is -0.00382. The van der Waals surface area contributed by atoms with Gasteiger partial charge in [-0.1, -0.05) is 13.0 Å². The second kappa shape index (κ2) is 5.56. The molecule has 6 heteroatoms. The highest BCUT2D eigenvalue weighted by Crippen LogP contribution is 2.26. The zero-order valence-corrected chi connectivity index (χ0v) is 12.6. The van der Waals surface area contributed by atoms with Crippen LogP contribution in [0.2, 0.25) is 0 Å². The standard InChI is InChI=1S/C13H21FN2O2S/c1-5-16(13(3,4)9-15)19(17,18)12-8-11(14)7-6-10(12)2/h6-8H,5,9,15H2,1-4H3. The zero-order valence-electron chi connectivity index (χ0n) is 11.8. The molecule has 0 aromatic heterocycles. The van der Waals surface area contributed by atoms with E-state index < -0.39 is 21.4 Å². The first-order chi connectivity index (χ1) is 8.66. The maximum Gasteiger partial charge on any atom is 0.243 e. The second-order valence-corrected chi connectivity index (χ2v) is 6.93. The number of likely N-dealkylation sites (N-methyl/N-ethyl adjacent to an activating group) is 1. The van der Waals surface area contributed by atoms with Gasteiger partial charge in [0.25, 0.3) is 0 Å². The van der Waals surface area contributed by atoms with E-state index in [0.29, 0.717) is 5.56 Å². The lowest BCUT2D eigenvalue weighted by Crippen LogP contribution is -2.52. The molecule has 4 nitrogen and oxygen atoms in total. The van der Waals surface area contributed by atoms with Gasteiger partial charge in [0.15, 0.2) is 0 Å². The number of hydrogen-bond acceptors (Lipinski definition) is 3. The van der Waals surface area contributed by atoms with Crippen LogP contribution in [0.4, 0.5) is 4.39 Å². The molecule has 0 heterocycles. The lowest BCUT2D eigenvalue weighted by atomic mass is 10.1. The molecule has 0 saturated carbocycles. The molecule has 0 bridgehead atoms. The molecule has 0 fully saturated rings. The van der Waals surface area contributed by atoms with Gasteiger partial charge in [0, 0.05) is 18.6 Å². The summed E-state index contributed by atoms with van der Waals surface area (Å²) >= 11 is 0. The Labute approximate surface area is 114 Å². The smallest absolute Gasteiger partial charge is 0.243 e. The molecular weight excluding hydrogens is 267 g/mol. The van der Waals surface area contributed by atoms with E-state index in [2.05, 4.69) is 0 Å². The topological polar surface area (TPSA) is 63.4 Å². The highest BCUT2D eigenvalue weighted by Gasteiger charge is 2.35. The van der Waals surface area contributed by atoms with E-state index in [0.717, 1.165) is 6.07 Å². The average Bonchev–Trinajstić information content (AvgIpc) is 2.32. The summed E-state index contributed by atoms with van der Waals surface area (Å²) in [6.45, 7) is 7.36. The summed E-state index contributed by atoms with van der Waals surface area (Å²) in [5.41, 5.74) is 5.45. The number of benzene rings is 1. The summed E-state index contributed by atoms with van der Waals surface area (Å²) in [5.74, 6) is -0.564. The summed E-state index contributed by atoms with van der Waals surface area (Å²) in [6.07, 6.45) is 0. The van der Waals surface area contributed by atoms with E-state index in [4.69, 9.17) is 5.73 Å². The van der Waals surface area contributed by atoms with Crippen LogP contribution in [0.15, 0.2) is 23.1 Å². The van der Waals surface area contributed by atoms with Crippen LogP contribution in [0.25, 0.3) is 0 Å². The molecule has 0 aliphatic carbocycles. The first-order valence-corrected chi connectivity index (χ1v) is 7.60. The van der Waals surface area contributed by atoms with E-state index in [1.807, 2.05) is 0 Å². The predicted molar refractivity (Wildman–Crippen MR) is 73.8 cm³/mol. The lowest BCUT2D eigenvalue weighted by Gasteiger charge is -2.36. The van der Waals surface area contributed by atoms with Crippen LogP contribution in [0.1, 0.15) is 26.3 Å². The van der Waals surface area contributed by atoms with Crippen molar-refractivity contribution in [2.75, 3.05) is 13.1 Å². The van der Waals surface area contributed by atoms with Crippen LogP contribution in [0, 0.1) is 12.7 Å². The quantitative estimate of drug-likeness (QED) is 0.900. The van der Waals surface area contributed by atoms with Gasteiger partial charge in [0.2, 0.25) is 10.0 Å². The molecule has 0 aliphatic heterocycles. The fourth-order valence-electron chi connectivity index (χ4n) is 2.00. The molecule has 19 heavy (non-hydrogen) atoms. The number of hydrogen-bond donors (Lipinski definition) is 1. The lowest BCUT2D eigenvalue weighted by molar-refractivity contribution is 0.244. The minimum Gasteiger partial charge on any atom is -0.329 e. The Hall–Kier alpha value is -0.980. The molecular formula is C13H21FN2O2S. The van der Waals surface area contributed by atoms with Gasteiger partial charge in [0.05, 0.1) is 4.90 Å². The fraction of sp³-hybridized carbons (Fsp3) is 0.538. The van der Waals surface area contributed by atoms with Crippen molar-refractivity contribution in [1.29, 1.82) is 0 Å². The van der Waals surface area contributed by atoms with Crippen molar-refractivity contribution in [3.63, 3.8) is 0 Å². The summed E-state index contributed by atoms with van der Waals surface area (Å²) in [6, 6.07) is 3.77. The highest BCUT2D eigenvalue weighted by molar-refractivity contribution is 7.89. The highest BCUT2D eigenvalue weighted by atomic mass is 32.2. The number of nitrogens with zero attached hydrogens (tertiary/aromatic N) is 1. The number of nitrogens with two attached hydrogens (primary N) is 1. The molecule has 2 N–H and O–H groups in total. The minimum absolute atomic E-state index is 0.00382. The van der Waals surface area contributed by atoms with Gasteiger partial charge in [-0.15, -0.1) is 0 Å². The Balaban J connectivity index is 3.41. The third-order valence-electron chi connectivity index (χ3n) is 3.18. The van der Waals surface area contributed by atoms with Gasteiger partial charge in [-0.2, -0.15) is 4.31 Å². The molecule has 0 radical (unpaired) electrons. The number of sulfonamides is 1. The Morgan fingerprint density at radius 1 is 1.37 bits per heavy atom. The van der Waals surface area contributed by atoms with Crippen LogP contribution in [0.3, 0.4) is 0 Å². The molecule has 1 rings (SSSR count). The number of halogens is 1. The molecule has 1 aromatic carbocycles. The Morgan fingerprint density at radius 2 is 1.95 bits per heavy atom. The molecule has 108 valence electrons. The second-order valence-electron chi connectivity index (χ2n) is 5.10. The van der Waals surface area contributed by atoms with Gasteiger partial charge < -0.3 is 5.73 Å². The van der Waals surface area contributed by atoms with E-state index in [1.165, 1.54) is 16.4 Å². The van der Waals surface area contributed by atoms with Crippen LogP contribution in [-0.4, -0.2) is 31.4 Å². The van der Waals surface area contributed by atoms with E-state index in [-0.39, 0.29) is 18.0 Å². The normalized spacial score (nSPS) is 13.0. The van der Waals surface area contributed by atoms with Crippen molar-refractivity contribution in [2.24, 2.45) is 5.73 Å². The Bertz CT molecular complexity index is 556. The third kappa shape index (κ3) is 3.13. The fourth-order valence-corrected chi connectivity index (χ4v) is 4.03. The molecule has 0 atom stereocenters. The molecule has 0 aliphatic rings. The molecule has 0 unspecified atom stereocenters. The Morgan fingerprint density at radius 3 is 2.42 bits per heavy atom. The summed E-state index contributed by atoms with van der Waals surface area (Å²) in [7, 11) is -3.76. The SMILES string of the molecule is CCN(C(C)(C)CN)S(=O)(=O)c1cc(F)ccc1C.